The van der Waals surface area contributed by atoms with Crippen LogP contribution in [0.2, 0.25) is 0 Å². The van der Waals surface area contributed by atoms with Crippen molar-refractivity contribution in [3.63, 3.8) is 0 Å². The molecule has 1 fully saturated rings. The highest BCUT2D eigenvalue weighted by molar-refractivity contribution is 5.20. The van der Waals surface area contributed by atoms with E-state index in [9.17, 15) is 9.50 Å². The highest BCUT2D eigenvalue weighted by Gasteiger charge is 2.28. The Morgan fingerprint density at radius 3 is 2.88 bits per heavy atom. The molecule has 0 unspecified atom stereocenters. The van der Waals surface area contributed by atoms with Crippen LogP contribution in [0.25, 0.3) is 0 Å². The third-order valence-electron chi connectivity index (χ3n) is 3.73. The molecule has 2 nitrogen and oxygen atoms in total. The first-order valence-corrected chi connectivity index (χ1v) is 6.33. The van der Waals surface area contributed by atoms with Crippen LogP contribution < -0.4 is 5.32 Å². The molecule has 0 radical (unpaired) electrons. The molecule has 0 bridgehead atoms. The molecule has 3 atom stereocenters. The number of aliphatic hydroxyl groups excluding tert-OH is 1. The van der Waals surface area contributed by atoms with E-state index in [2.05, 4.69) is 5.32 Å². The van der Waals surface area contributed by atoms with Gasteiger partial charge in [-0.3, -0.25) is 0 Å². The highest BCUT2D eigenvalue weighted by Crippen LogP contribution is 2.28. The van der Waals surface area contributed by atoms with Gasteiger partial charge in [0.15, 0.2) is 0 Å². The minimum absolute atomic E-state index is 0.00616. The molecule has 1 aromatic rings. The third kappa shape index (κ3) is 2.85. The van der Waals surface area contributed by atoms with E-state index in [0.717, 1.165) is 19.3 Å². The Bertz CT molecular complexity index is 369. The monoisotopic (exact) mass is 237 g/mol. The molecule has 1 aromatic carbocycles. The molecule has 0 spiro atoms. The molecule has 0 amide bonds. The summed E-state index contributed by atoms with van der Waals surface area (Å²) in [7, 11) is 0. The molecule has 1 saturated carbocycles. The van der Waals surface area contributed by atoms with E-state index in [1.165, 1.54) is 6.07 Å². The summed E-state index contributed by atoms with van der Waals surface area (Å²) in [4.78, 5) is 0. The Kier molecular flexibility index (Phi) is 4.13. The summed E-state index contributed by atoms with van der Waals surface area (Å²) in [5.74, 6) is 0.162. The van der Waals surface area contributed by atoms with E-state index in [1.54, 1.807) is 6.07 Å². The van der Waals surface area contributed by atoms with Crippen molar-refractivity contribution in [3.8, 4) is 0 Å². The third-order valence-corrected chi connectivity index (χ3v) is 3.73. The summed E-state index contributed by atoms with van der Waals surface area (Å²) in [6, 6.07) is 7.18. The predicted octanol–water partition coefficient (Wildman–Crippen LogP) is 2.64. The van der Waals surface area contributed by atoms with Gasteiger partial charge in [-0.05, 0) is 31.7 Å². The molecule has 0 aromatic heterocycles. The van der Waals surface area contributed by atoms with Crippen molar-refractivity contribution in [3.05, 3.63) is 35.6 Å². The van der Waals surface area contributed by atoms with Gasteiger partial charge in [-0.1, -0.05) is 24.6 Å². The largest absolute Gasteiger partial charge is 0.396 e. The van der Waals surface area contributed by atoms with Crippen molar-refractivity contribution in [1.82, 2.24) is 5.32 Å². The van der Waals surface area contributed by atoms with Gasteiger partial charge in [0.05, 0.1) is 0 Å². The molecule has 17 heavy (non-hydrogen) atoms. The molecule has 2 N–H and O–H groups in total. The quantitative estimate of drug-likeness (QED) is 0.843. The Morgan fingerprint density at radius 1 is 1.41 bits per heavy atom. The molecule has 3 heteroatoms. The van der Waals surface area contributed by atoms with Crippen molar-refractivity contribution >= 4 is 0 Å². The number of aliphatic hydroxyl groups is 1. The molecule has 0 aliphatic heterocycles. The maximum absolute atomic E-state index is 13.6. The van der Waals surface area contributed by atoms with Gasteiger partial charge in [-0.25, -0.2) is 4.39 Å². The number of hydrogen-bond donors (Lipinski definition) is 2. The normalized spacial score (nSPS) is 26.1. The molecule has 94 valence electrons. The van der Waals surface area contributed by atoms with E-state index in [0.29, 0.717) is 17.5 Å². The summed E-state index contributed by atoms with van der Waals surface area (Å²) in [5.41, 5.74) is 0.705. The zero-order chi connectivity index (χ0) is 12.3. The van der Waals surface area contributed by atoms with Crippen LogP contribution in [-0.4, -0.2) is 17.8 Å². The second-order valence-corrected chi connectivity index (χ2v) is 4.89. The average Bonchev–Trinajstić information content (AvgIpc) is 2.76. The van der Waals surface area contributed by atoms with Crippen LogP contribution in [-0.2, 0) is 0 Å². The van der Waals surface area contributed by atoms with Crippen molar-refractivity contribution in [1.29, 1.82) is 0 Å². The molecule has 0 saturated heterocycles. The zero-order valence-corrected chi connectivity index (χ0v) is 10.2. The lowest BCUT2D eigenvalue weighted by Crippen LogP contribution is -2.36. The van der Waals surface area contributed by atoms with E-state index in [-0.39, 0.29) is 18.5 Å². The van der Waals surface area contributed by atoms with Crippen LogP contribution >= 0.6 is 0 Å². The number of rotatable bonds is 4. The second kappa shape index (κ2) is 5.61. The summed E-state index contributed by atoms with van der Waals surface area (Å²) in [6.07, 6.45) is 3.29. The lowest BCUT2D eigenvalue weighted by molar-refractivity contribution is 0.200. The van der Waals surface area contributed by atoms with Gasteiger partial charge in [0.1, 0.15) is 5.82 Å². The fraction of sp³-hybridized carbons (Fsp3) is 0.571. The number of nitrogens with one attached hydrogen (secondary N) is 1. The summed E-state index contributed by atoms with van der Waals surface area (Å²) in [5, 5.41) is 12.7. The Balaban J connectivity index is 2.01. The standard InChI is InChI=1S/C14H20FNO/c1-10(12-6-2-3-7-13(12)15)16-14-8-4-5-11(14)9-17/h2-3,6-7,10-11,14,16-17H,4-5,8-9H2,1H3/t10-,11-,14-/m0/s1. The smallest absolute Gasteiger partial charge is 0.127 e. The average molecular weight is 237 g/mol. The summed E-state index contributed by atoms with van der Waals surface area (Å²) < 4.78 is 13.6. The second-order valence-electron chi connectivity index (χ2n) is 4.89. The zero-order valence-electron chi connectivity index (χ0n) is 10.2. The molecular formula is C14H20FNO. The van der Waals surface area contributed by atoms with E-state index in [1.807, 2.05) is 19.1 Å². The Labute approximate surface area is 102 Å². The number of benzene rings is 1. The molecule has 1 aliphatic rings. The fourth-order valence-corrected chi connectivity index (χ4v) is 2.71. The highest BCUT2D eigenvalue weighted by atomic mass is 19.1. The van der Waals surface area contributed by atoms with Crippen LogP contribution in [0.1, 0.15) is 37.8 Å². The van der Waals surface area contributed by atoms with Gasteiger partial charge >= 0.3 is 0 Å². The van der Waals surface area contributed by atoms with Crippen molar-refractivity contribution in [2.45, 2.75) is 38.3 Å². The first-order chi connectivity index (χ1) is 8.22. The fourth-order valence-electron chi connectivity index (χ4n) is 2.71. The van der Waals surface area contributed by atoms with Gasteiger partial charge in [-0.15, -0.1) is 0 Å². The molecule has 1 aliphatic carbocycles. The number of halogens is 1. The maximum atomic E-state index is 13.6. The topological polar surface area (TPSA) is 32.3 Å². The van der Waals surface area contributed by atoms with Gasteiger partial charge in [0.2, 0.25) is 0 Å². The van der Waals surface area contributed by atoms with Crippen LogP contribution in [0, 0.1) is 11.7 Å². The Hall–Kier alpha value is -0.930. The summed E-state index contributed by atoms with van der Waals surface area (Å²) in [6.45, 7) is 2.20. The predicted molar refractivity (Wildman–Crippen MR) is 66.2 cm³/mol. The lowest BCUT2D eigenvalue weighted by atomic mass is 10.0. The van der Waals surface area contributed by atoms with E-state index in [4.69, 9.17) is 0 Å². The van der Waals surface area contributed by atoms with Gasteiger partial charge in [-0.2, -0.15) is 0 Å². The SMILES string of the molecule is C[C@H](N[C@H]1CCC[C@H]1CO)c1ccccc1F. The van der Waals surface area contributed by atoms with Crippen molar-refractivity contribution in [2.24, 2.45) is 5.92 Å². The summed E-state index contributed by atoms with van der Waals surface area (Å²) >= 11 is 0. The minimum atomic E-state index is -0.161. The minimum Gasteiger partial charge on any atom is -0.396 e. The molecule has 0 heterocycles. The van der Waals surface area contributed by atoms with Crippen LogP contribution in [0.4, 0.5) is 4.39 Å². The van der Waals surface area contributed by atoms with Gasteiger partial charge in [0, 0.05) is 24.3 Å². The van der Waals surface area contributed by atoms with Gasteiger partial charge < -0.3 is 10.4 Å². The number of hydrogen-bond acceptors (Lipinski definition) is 2. The van der Waals surface area contributed by atoms with Gasteiger partial charge in [0.25, 0.3) is 0 Å². The van der Waals surface area contributed by atoms with E-state index >= 15 is 0 Å². The van der Waals surface area contributed by atoms with E-state index < -0.39 is 0 Å². The molecular weight excluding hydrogens is 217 g/mol. The van der Waals surface area contributed by atoms with Crippen LogP contribution in [0.3, 0.4) is 0 Å². The van der Waals surface area contributed by atoms with Crippen molar-refractivity contribution in [2.75, 3.05) is 6.61 Å². The van der Waals surface area contributed by atoms with Crippen LogP contribution in [0.5, 0.6) is 0 Å². The maximum Gasteiger partial charge on any atom is 0.127 e. The van der Waals surface area contributed by atoms with Crippen molar-refractivity contribution < 1.29 is 9.50 Å². The first kappa shape index (κ1) is 12.5. The Morgan fingerprint density at radius 2 is 2.18 bits per heavy atom. The lowest BCUT2D eigenvalue weighted by Gasteiger charge is -2.24. The first-order valence-electron chi connectivity index (χ1n) is 6.33. The molecule has 2 rings (SSSR count). The van der Waals surface area contributed by atoms with Crippen LogP contribution in [0.15, 0.2) is 24.3 Å².